The quantitative estimate of drug-likeness (QED) is 0.856. The van der Waals surface area contributed by atoms with Gasteiger partial charge in [0.2, 0.25) is 0 Å². The number of hydrogen-bond donors (Lipinski definition) is 2. The SMILES string of the molecule is CCn1cc(N)c(C(=O)Nc2ccc(C)nc2)n1. The summed E-state index contributed by atoms with van der Waals surface area (Å²) in [5.74, 6) is -0.328. The van der Waals surface area contributed by atoms with Crippen LogP contribution in [0.25, 0.3) is 0 Å². The summed E-state index contributed by atoms with van der Waals surface area (Å²) in [5.41, 5.74) is 7.85. The van der Waals surface area contributed by atoms with Crippen LogP contribution in [-0.2, 0) is 6.54 Å². The number of hydrogen-bond acceptors (Lipinski definition) is 4. The van der Waals surface area contributed by atoms with Crippen molar-refractivity contribution in [2.24, 2.45) is 0 Å². The fourth-order valence-corrected chi connectivity index (χ4v) is 1.51. The summed E-state index contributed by atoms with van der Waals surface area (Å²) < 4.78 is 1.62. The summed E-state index contributed by atoms with van der Waals surface area (Å²) >= 11 is 0. The van der Waals surface area contributed by atoms with Crippen molar-refractivity contribution in [2.75, 3.05) is 11.1 Å². The van der Waals surface area contributed by atoms with Gasteiger partial charge in [-0.2, -0.15) is 5.10 Å². The predicted molar refractivity (Wildman–Crippen MR) is 69.2 cm³/mol. The van der Waals surface area contributed by atoms with E-state index in [9.17, 15) is 4.79 Å². The third-order valence-electron chi connectivity index (χ3n) is 2.50. The lowest BCUT2D eigenvalue weighted by atomic mass is 10.3. The summed E-state index contributed by atoms with van der Waals surface area (Å²) in [4.78, 5) is 16.1. The number of anilines is 2. The van der Waals surface area contributed by atoms with Crippen molar-refractivity contribution in [3.05, 3.63) is 35.9 Å². The second-order valence-corrected chi connectivity index (χ2v) is 3.93. The zero-order valence-corrected chi connectivity index (χ0v) is 10.3. The van der Waals surface area contributed by atoms with Crippen LogP contribution in [0.3, 0.4) is 0 Å². The number of nitrogens with two attached hydrogens (primary N) is 1. The molecule has 3 N–H and O–H groups in total. The summed E-state index contributed by atoms with van der Waals surface area (Å²) in [5, 5.41) is 6.81. The van der Waals surface area contributed by atoms with E-state index in [1.807, 2.05) is 19.9 Å². The van der Waals surface area contributed by atoms with Gasteiger partial charge in [-0.05, 0) is 26.0 Å². The highest BCUT2D eigenvalue weighted by atomic mass is 16.2. The lowest BCUT2D eigenvalue weighted by molar-refractivity contribution is 0.102. The minimum absolute atomic E-state index is 0.234. The van der Waals surface area contributed by atoms with E-state index in [4.69, 9.17) is 5.73 Å². The van der Waals surface area contributed by atoms with Crippen molar-refractivity contribution >= 4 is 17.3 Å². The van der Waals surface area contributed by atoms with Crippen LogP contribution in [0.1, 0.15) is 23.1 Å². The summed E-state index contributed by atoms with van der Waals surface area (Å²) in [6.45, 7) is 4.48. The predicted octanol–water partition coefficient (Wildman–Crippen LogP) is 1.44. The molecule has 0 radical (unpaired) electrons. The molecule has 2 aromatic heterocycles. The molecule has 0 unspecified atom stereocenters. The second kappa shape index (κ2) is 4.87. The van der Waals surface area contributed by atoms with Crippen molar-refractivity contribution in [3.8, 4) is 0 Å². The van der Waals surface area contributed by atoms with E-state index >= 15 is 0 Å². The summed E-state index contributed by atoms with van der Waals surface area (Å²) in [6, 6.07) is 3.61. The number of aryl methyl sites for hydroxylation is 2. The number of nitrogens with zero attached hydrogens (tertiary/aromatic N) is 3. The van der Waals surface area contributed by atoms with E-state index in [0.717, 1.165) is 5.69 Å². The number of carbonyl (C=O) groups is 1. The molecule has 94 valence electrons. The number of rotatable bonds is 3. The van der Waals surface area contributed by atoms with Gasteiger partial charge in [-0.15, -0.1) is 0 Å². The maximum atomic E-state index is 12.0. The van der Waals surface area contributed by atoms with Crippen LogP contribution in [0.4, 0.5) is 11.4 Å². The molecule has 0 fully saturated rings. The Hall–Kier alpha value is -2.37. The van der Waals surface area contributed by atoms with E-state index in [2.05, 4.69) is 15.4 Å². The highest BCUT2D eigenvalue weighted by Gasteiger charge is 2.14. The number of amides is 1. The van der Waals surface area contributed by atoms with E-state index in [-0.39, 0.29) is 11.6 Å². The highest BCUT2D eigenvalue weighted by molar-refractivity contribution is 6.06. The molecule has 0 saturated heterocycles. The second-order valence-electron chi connectivity index (χ2n) is 3.93. The van der Waals surface area contributed by atoms with Gasteiger partial charge in [0.05, 0.1) is 17.6 Å². The minimum atomic E-state index is -0.328. The van der Waals surface area contributed by atoms with Crippen molar-refractivity contribution in [1.82, 2.24) is 14.8 Å². The molecule has 0 aliphatic carbocycles. The third kappa shape index (κ3) is 2.48. The molecule has 1 amide bonds. The zero-order valence-electron chi connectivity index (χ0n) is 10.3. The van der Waals surface area contributed by atoms with Crippen LogP contribution in [0.5, 0.6) is 0 Å². The molecular formula is C12H15N5O. The first-order valence-electron chi connectivity index (χ1n) is 5.67. The van der Waals surface area contributed by atoms with Gasteiger partial charge in [0.25, 0.3) is 5.91 Å². The normalized spacial score (nSPS) is 10.3. The molecule has 6 nitrogen and oxygen atoms in total. The van der Waals surface area contributed by atoms with Crippen LogP contribution in [0.15, 0.2) is 24.5 Å². The molecule has 0 saturated carbocycles. The van der Waals surface area contributed by atoms with Gasteiger partial charge in [0.1, 0.15) is 0 Å². The van der Waals surface area contributed by atoms with Gasteiger partial charge in [-0.25, -0.2) is 0 Å². The Kier molecular flexibility index (Phi) is 3.27. The topological polar surface area (TPSA) is 85.8 Å². The van der Waals surface area contributed by atoms with Crippen molar-refractivity contribution < 1.29 is 4.79 Å². The van der Waals surface area contributed by atoms with Crippen LogP contribution < -0.4 is 11.1 Å². The third-order valence-corrected chi connectivity index (χ3v) is 2.50. The van der Waals surface area contributed by atoms with Crippen molar-refractivity contribution in [2.45, 2.75) is 20.4 Å². The largest absolute Gasteiger partial charge is 0.396 e. The Labute approximate surface area is 105 Å². The van der Waals surface area contributed by atoms with E-state index in [1.165, 1.54) is 0 Å². The molecule has 0 atom stereocenters. The molecule has 2 rings (SSSR count). The number of aromatic nitrogens is 3. The van der Waals surface area contributed by atoms with Crippen LogP contribution in [0, 0.1) is 6.92 Å². The average molecular weight is 245 g/mol. The van der Waals surface area contributed by atoms with Gasteiger partial charge in [-0.3, -0.25) is 14.5 Å². The number of pyridine rings is 1. The van der Waals surface area contributed by atoms with Gasteiger partial charge in [0, 0.05) is 18.4 Å². The van der Waals surface area contributed by atoms with E-state index in [1.54, 1.807) is 23.1 Å². The Morgan fingerprint density at radius 2 is 2.28 bits per heavy atom. The standard InChI is InChI=1S/C12H15N5O/c1-3-17-7-10(13)11(16-17)12(18)15-9-5-4-8(2)14-6-9/h4-7H,3,13H2,1-2H3,(H,15,18). The molecule has 0 aromatic carbocycles. The number of nitrogens with one attached hydrogen (secondary N) is 1. The molecule has 0 aliphatic heterocycles. The lowest BCUT2D eigenvalue weighted by Crippen LogP contribution is -2.15. The van der Waals surface area contributed by atoms with Gasteiger partial charge in [0.15, 0.2) is 5.69 Å². The maximum absolute atomic E-state index is 12.0. The molecule has 0 bridgehead atoms. The van der Waals surface area contributed by atoms with Gasteiger partial charge >= 0.3 is 0 Å². The van der Waals surface area contributed by atoms with Crippen molar-refractivity contribution in [1.29, 1.82) is 0 Å². The van der Waals surface area contributed by atoms with Crippen LogP contribution >= 0.6 is 0 Å². The number of nitrogen functional groups attached to an aromatic ring is 1. The summed E-state index contributed by atoms with van der Waals surface area (Å²) in [6.07, 6.45) is 3.24. The molecule has 2 aromatic rings. The van der Waals surface area contributed by atoms with Crippen LogP contribution in [0.2, 0.25) is 0 Å². The first-order chi connectivity index (χ1) is 8.60. The zero-order chi connectivity index (χ0) is 13.1. The van der Waals surface area contributed by atoms with Gasteiger partial charge in [-0.1, -0.05) is 0 Å². The van der Waals surface area contributed by atoms with Crippen LogP contribution in [-0.4, -0.2) is 20.7 Å². The molecular weight excluding hydrogens is 230 g/mol. The molecule has 0 aliphatic rings. The molecule has 6 heteroatoms. The first kappa shape index (κ1) is 12.1. The Balaban J connectivity index is 2.16. The monoisotopic (exact) mass is 245 g/mol. The Bertz CT molecular complexity index is 558. The molecule has 18 heavy (non-hydrogen) atoms. The highest BCUT2D eigenvalue weighted by Crippen LogP contribution is 2.12. The smallest absolute Gasteiger partial charge is 0.278 e. The van der Waals surface area contributed by atoms with Crippen molar-refractivity contribution in [3.63, 3.8) is 0 Å². The number of carbonyl (C=O) groups excluding carboxylic acids is 1. The van der Waals surface area contributed by atoms with E-state index in [0.29, 0.717) is 17.9 Å². The fourth-order valence-electron chi connectivity index (χ4n) is 1.51. The summed E-state index contributed by atoms with van der Waals surface area (Å²) in [7, 11) is 0. The fraction of sp³-hybridized carbons (Fsp3) is 0.250. The Morgan fingerprint density at radius 1 is 1.50 bits per heavy atom. The van der Waals surface area contributed by atoms with Gasteiger partial charge < -0.3 is 11.1 Å². The minimum Gasteiger partial charge on any atom is -0.396 e. The average Bonchev–Trinajstić information content (AvgIpc) is 2.73. The Morgan fingerprint density at radius 3 is 2.83 bits per heavy atom. The lowest BCUT2D eigenvalue weighted by Gasteiger charge is -2.03. The molecule has 2 heterocycles. The first-order valence-corrected chi connectivity index (χ1v) is 5.67. The molecule has 0 spiro atoms. The maximum Gasteiger partial charge on any atom is 0.278 e. The van der Waals surface area contributed by atoms with E-state index < -0.39 is 0 Å².